The van der Waals surface area contributed by atoms with E-state index in [0.29, 0.717) is 40.3 Å². The molecule has 0 aliphatic rings. The van der Waals surface area contributed by atoms with E-state index in [9.17, 15) is 4.79 Å². The zero-order valence-electron chi connectivity index (χ0n) is 15.7. The predicted molar refractivity (Wildman–Crippen MR) is 107 cm³/mol. The summed E-state index contributed by atoms with van der Waals surface area (Å²) >= 11 is 1.32. The SMILES string of the molecule is COc1cc(Nc2nc(C(=O)NCc3cccnc3)cs2)cc(OC)c1OC. The summed E-state index contributed by atoms with van der Waals surface area (Å²) in [6.45, 7) is 0.389. The number of carbonyl (C=O) groups is 1. The van der Waals surface area contributed by atoms with Crippen LogP contribution in [-0.4, -0.2) is 37.2 Å². The maximum Gasteiger partial charge on any atom is 0.271 e. The first-order valence-corrected chi connectivity index (χ1v) is 9.22. The Morgan fingerprint density at radius 3 is 2.50 bits per heavy atom. The number of aromatic nitrogens is 2. The number of thiazole rings is 1. The van der Waals surface area contributed by atoms with Crippen molar-refractivity contribution in [1.29, 1.82) is 0 Å². The lowest BCUT2D eigenvalue weighted by Gasteiger charge is -2.14. The Labute approximate surface area is 166 Å². The number of hydrogen-bond acceptors (Lipinski definition) is 8. The Balaban J connectivity index is 1.69. The quantitative estimate of drug-likeness (QED) is 0.599. The summed E-state index contributed by atoms with van der Waals surface area (Å²) in [5.74, 6) is 1.30. The van der Waals surface area contributed by atoms with Gasteiger partial charge in [-0.3, -0.25) is 9.78 Å². The van der Waals surface area contributed by atoms with Crippen molar-refractivity contribution in [2.24, 2.45) is 0 Å². The van der Waals surface area contributed by atoms with Crippen molar-refractivity contribution < 1.29 is 19.0 Å². The number of methoxy groups -OCH3 is 3. The Morgan fingerprint density at radius 1 is 1.14 bits per heavy atom. The monoisotopic (exact) mass is 400 g/mol. The minimum atomic E-state index is -0.252. The molecule has 0 fully saturated rings. The first kappa shape index (κ1) is 19.4. The van der Waals surface area contributed by atoms with Crippen LogP contribution in [0.3, 0.4) is 0 Å². The molecule has 3 rings (SSSR count). The lowest BCUT2D eigenvalue weighted by Crippen LogP contribution is -2.23. The van der Waals surface area contributed by atoms with Crippen molar-refractivity contribution in [3.05, 3.63) is 53.3 Å². The van der Waals surface area contributed by atoms with Crippen LogP contribution in [0.15, 0.2) is 42.0 Å². The Bertz CT molecular complexity index is 921. The predicted octanol–water partition coefficient (Wildman–Crippen LogP) is 3.24. The summed E-state index contributed by atoms with van der Waals surface area (Å²) in [4.78, 5) is 20.7. The van der Waals surface area contributed by atoms with Gasteiger partial charge in [-0.1, -0.05) is 6.07 Å². The lowest BCUT2D eigenvalue weighted by molar-refractivity contribution is 0.0946. The van der Waals surface area contributed by atoms with E-state index in [1.165, 1.54) is 11.3 Å². The topological polar surface area (TPSA) is 94.6 Å². The van der Waals surface area contributed by atoms with Gasteiger partial charge in [0.1, 0.15) is 5.69 Å². The highest BCUT2D eigenvalue weighted by molar-refractivity contribution is 7.14. The fourth-order valence-electron chi connectivity index (χ4n) is 2.49. The van der Waals surface area contributed by atoms with E-state index < -0.39 is 0 Å². The van der Waals surface area contributed by atoms with E-state index >= 15 is 0 Å². The summed E-state index contributed by atoms with van der Waals surface area (Å²) in [6, 6.07) is 7.26. The van der Waals surface area contributed by atoms with Crippen molar-refractivity contribution in [1.82, 2.24) is 15.3 Å². The molecule has 0 saturated heterocycles. The van der Waals surface area contributed by atoms with Gasteiger partial charge >= 0.3 is 0 Å². The third kappa shape index (κ3) is 4.49. The third-order valence-electron chi connectivity index (χ3n) is 3.83. The first-order chi connectivity index (χ1) is 13.6. The van der Waals surface area contributed by atoms with Crippen LogP contribution >= 0.6 is 11.3 Å². The molecule has 1 amide bonds. The van der Waals surface area contributed by atoms with Crippen LogP contribution in [0.2, 0.25) is 0 Å². The molecule has 0 saturated carbocycles. The van der Waals surface area contributed by atoms with Gasteiger partial charge in [0.15, 0.2) is 16.6 Å². The summed E-state index contributed by atoms with van der Waals surface area (Å²) < 4.78 is 16.0. The molecule has 3 aromatic rings. The largest absolute Gasteiger partial charge is 0.493 e. The van der Waals surface area contributed by atoms with Gasteiger partial charge in [0, 0.05) is 42.1 Å². The number of nitrogens with zero attached hydrogens (tertiary/aromatic N) is 2. The van der Waals surface area contributed by atoms with E-state index in [1.54, 1.807) is 51.2 Å². The number of anilines is 2. The number of rotatable bonds is 8. The van der Waals surface area contributed by atoms with Gasteiger partial charge in [0.25, 0.3) is 5.91 Å². The minimum Gasteiger partial charge on any atom is -0.493 e. The van der Waals surface area contributed by atoms with Crippen LogP contribution in [0.4, 0.5) is 10.8 Å². The van der Waals surface area contributed by atoms with E-state index in [2.05, 4.69) is 20.6 Å². The molecular formula is C19H20N4O4S. The number of benzene rings is 1. The van der Waals surface area contributed by atoms with Crippen LogP contribution in [0, 0.1) is 0 Å². The van der Waals surface area contributed by atoms with Gasteiger partial charge < -0.3 is 24.8 Å². The fourth-order valence-corrected chi connectivity index (χ4v) is 3.20. The molecule has 2 heterocycles. The lowest BCUT2D eigenvalue weighted by atomic mass is 10.2. The molecule has 0 aliphatic heterocycles. The van der Waals surface area contributed by atoms with Crippen molar-refractivity contribution in [2.45, 2.75) is 6.54 Å². The van der Waals surface area contributed by atoms with Crippen LogP contribution in [0.25, 0.3) is 0 Å². The van der Waals surface area contributed by atoms with Crippen molar-refractivity contribution in [3.8, 4) is 17.2 Å². The van der Waals surface area contributed by atoms with Gasteiger partial charge in [-0.15, -0.1) is 11.3 Å². The molecule has 0 radical (unpaired) electrons. The molecule has 0 unspecified atom stereocenters. The van der Waals surface area contributed by atoms with Crippen LogP contribution in [0.1, 0.15) is 16.1 Å². The number of ether oxygens (including phenoxy) is 3. The molecule has 146 valence electrons. The van der Waals surface area contributed by atoms with Gasteiger partial charge in [-0.2, -0.15) is 0 Å². The Morgan fingerprint density at radius 2 is 1.89 bits per heavy atom. The van der Waals surface area contributed by atoms with Crippen LogP contribution < -0.4 is 24.8 Å². The smallest absolute Gasteiger partial charge is 0.271 e. The first-order valence-electron chi connectivity index (χ1n) is 8.34. The number of carbonyl (C=O) groups excluding carboxylic acids is 1. The van der Waals surface area contributed by atoms with Crippen LogP contribution in [-0.2, 0) is 6.54 Å². The van der Waals surface area contributed by atoms with Crippen molar-refractivity contribution >= 4 is 28.1 Å². The van der Waals surface area contributed by atoms with Gasteiger partial charge in [0.2, 0.25) is 5.75 Å². The molecule has 0 spiro atoms. The maximum absolute atomic E-state index is 12.3. The molecule has 8 nitrogen and oxygen atoms in total. The van der Waals surface area contributed by atoms with E-state index in [4.69, 9.17) is 14.2 Å². The number of hydrogen-bond donors (Lipinski definition) is 2. The van der Waals surface area contributed by atoms with E-state index in [0.717, 1.165) is 5.56 Å². The third-order valence-corrected chi connectivity index (χ3v) is 4.59. The molecule has 9 heteroatoms. The standard InChI is InChI=1S/C19H20N4O4S/c1-25-15-7-13(8-16(26-2)17(15)27-3)22-19-23-14(11-28-19)18(24)21-10-12-5-4-6-20-9-12/h4-9,11H,10H2,1-3H3,(H,21,24)(H,22,23). The number of amides is 1. The summed E-state index contributed by atoms with van der Waals surface area (Å²) in [5.41, 5.74) is 1.96. The Kier molecular flexibility index (Phi) is 6.28. The van der Waals surface area contributed by atoms with E-state index in [-0.39, 0.29) is 5.91 Å². The van der Waals surface area contributed by atoms with E-state index in [1.807, 2.05) is 12.1 Å². The second-order valence-corrected chi connectivity index (χ2v) is 6.48. The molecule has 0 atom stereocenters. The molecular weight excluding hydrogens is 380 g/mol. The van der Waals surface area contributed by atoms with Crippen LogP contribution in [0.5, 0.6) is 17.2 Å². The van der Waals surface area contributed by atoms with Gasteiger partial charge in [-0.25, -0.2) is 4.98 Å². The molecule has 0 aliphatic carbocycles. The molecule has 28 heavy (non-hydrogen) atoms. The maximum atomic E-state index is 12.3. The number of pyridine rings is 1. The molecule has 2 N–H and O–H groups in total. The zero-order chi connectivity index (χ0) is 19.9. The normalized spacial score (nSPS) is 10.2. The molecule has 0 bridgehead atoms. The van der Waals surface area contributed by atoms with Crippen molar-refractivity contribution in [3.63, 3.8) is 0 Å². The average Bonchev–Trinajstić information content (AvgIpc) is 3.20. The average molecular weight is 400 g/mol. The van der Waals surface area contributed by atoms with Gasteiger partial charge in [-0.05, 0) is 11.6 Å². The summed E-state index contributed by atoms with van der Waals surface area (Å²) in [5, 5.41) is 8.24. The zero-order valence-corrected chi connectivity index (χ0v) is 16.5. The van der Waals surface area contributed by atoms with Crippen molar-refractivity contribution in [2.75, 3.05) is 26.6 Å². The second kappa shape index (κ2) is 9.05. The van der Waals surface area contributed by atoms with Gasteiger partial charge in [0.05, 0.1) is 21.3 Å². The summed E-state index contributed by atoms with van der Waals surface area (Å²) in [7, 11) is 4.65. The highest BCUT2D eigenvalue weighted by Crippen LogP contribution is 2.40. The number of nitrogens with one attached hydrogen (secondary N) is 2. The second-order valence-electron chi connectivity index (χ2n) is 5.62. The molecule has 1 aromatic carbocycles. The highest BCUT2D eigenvalue weighted by atomic mass is 32.1. The fraction of sp³-hybridized carbons (Fsp3) is 0.211. The Hall–Kier alpha value is -3.33. The summed E-state index contributed by atoms with van der Waals surface area (Å²) in [6.07, 6.45) is 3.39. The highest BCUT2D eigenvalue weighted by Gasteiger charge is 2.15. The minimum absolute atomic E-state index is 0.252. The molecule has 2 aromatic heterocycles.